The molecule has 0 saturated carbocycles. The smallest absolute Gasteiger partial charge is 0.0295 e. The number of hydrogen-bond donors (Lipinski definition) is 0. The van der Waals surface area contributed by atoms with E-state index < -0.39 is 0 Å². The van der Waals surface area contributed by atoms with Gasteiger partial charge in [0.05, 0.1) is 0 Å². The zero-order chi connectivity index (χ0) is 13.8. The Morgan fingerprint density at radius 1 is 0.947 bits per heavy atom. The van der Waals surface area contributed by atoms with Gasteiger partial charge in [0.25, 0.3) is 0 Å². The molecule has 1 unspecified atom stereocenters. The number of benzene rings is 2. The molecule has 0 N–H and O–H groups in total. The van der Waals surface area contributed by atoms with Crippen molar-refractivity contribution in [2.24, 2.45) is 0 Å². The van der Waals surface area contributed by atoms with Crippen molar-refractivity contribution in [3.8, 4) is 0 Å². The molecule has 0 aliphatic heterocycles. The van der Waals surface area contributed by atoms with Gasteiger partial charge in [0.15, 0.2) is 0 Å². The first kappa shape index (κ1) is 14.1. The average molecular weight is 273 g/mol. The highest BCUT2D eigenvalue weighted by molar-refractivity contribution is 6.18. The molecule has 0 fully saturated rings. The summed E-state index contributed by atoms with van der Waals surface area (Å²) in [5.74, 6) is 1.06. The summed E-state index contributed by atoms with van der Waals surface area (Å²) in [5, 5.41) is 0. The second-order valence-corrected chi connectivity index (χ2v) is 5.65. The van der Waals surface area contributed by atoms with Gasteiger partial charge in [0, 0.05) is 11.8 Å². The van der Waals surface area contributed by atoms with E-state index in [4.69, 9.17) is 11.6 Å². The molecular formula is C18H21Cl. The largest absolute Gasteiger partial charge is 0.126 e. The van der Waals surface area contributed by atoms with Gasteiger partial charge in [0.1, 0.15) is 0 Å². The summed E-state index contributed by atoms with van der Waals surface area (Å²) in [5.41, 5.74) is 6.87. The second-order valence-electron chi connectivity index (χ2n) is 5.34. The van der Waals surface area contributed by atoms with Crippen molar-refractivity contribution in [3.05, 3.63) is 70.3 Å². The van der Waals surface area contributed by atoms with E-state index >= 15 is 0 Å². The fourth-order valence-electron chi connectivity index (χ4n) is 2.76. The van der Waals surface area contributed by atoms with Gasteiger partial charge in [0.2, 0.25) is 0 Å². The van der Waals surface area contributed by atoms with Crippen LogP contribution in [0, 0.1) is 20.8 Å². The lowest BCUT2D eigenvalue weighted by Gasteiger charge is -2.18. The molecular weight excluding hydrogens is 252 g/mol. The highest BCUT2D eigenvalue weighted by Crippen LogP contribution is 2.26. The van der Waals surface area contributed by atoms with Gasteiger partial charge >= 0.3 is 0 Å². The molecule has 0 radical (unpaired) electrons. The van der Waals surface area contributed by atoms with E-state index in [9.17, 15) is 0 Å². The van der Waals surface area contributed by atoms with Crippen molar-refractivity contribution in [3.63, 3.8) is 0 Å². The van der Waals surface area contributed by atoms with Crippen LogP contribution in [0.1, 0.15) is 33.7 Å². The SMILES string of the molecule is Cc1cc(C)c(CC(CCl)c2ccccc2)c(C)c1. The molecule has 100 valence electrons. The van der Waals surface area contributed by atoms with Crippen molar-refractivity contribution in [1.29, 1.82) is 0 Å². The van der Waals surface area contributed by atoms with Gasteiger partial charge < -0.3 is 0 Å². The summed E-state index contributed by atoms with van der Waals surface area (Å²) >= 11 is 6.19. The summed E-state index contributed by atoms with van der Waals surface area (Å²) in [6.45, 7) is 6.55. The minimum Gasteiger partial charge on any atom is -0.126 e. The van der Waals surface area contributed by atoms with Gasteiger partial charge in [-0.2, -0.15) is 0 Å². The summed E-state index contributed by atoms with van der Waals surface area (Å²) in [6.07, 6.45) is 1.02. The lowest BCUT2D eigenvalue weighted by molar-refractivity contribution is 0.758. The maximum Gasteiger partial charge on any atom is 0.0295 e. The highest BCUT2D eigenvalue weighted by atomic mass is 35.5. The molecule has 1 heteroatoms. The number of alkyl halides is 1. The van der Waals surface area contributed by atoms with Gasteiger partial charge in [-0.25, -0.2) is 0 Å². The van der Waals surface area contributed by atoms with E-state index in [0.717, 1.165) is 6.42 Å². The van der Waals surface area contributed by atoms with E-state index in [1.54, 1.807) is 0 Å². The van der Waals surface area contributed by atoms with Crippen molar-refractivity contribution in [2.45, 2.75) is 33.1 Å². The summed E-state index contributed by atoms with van der Waals surface area (Å²) in [4.78, 5) is 0. The standard InChI is InChI=1S/C18H21Cl/c1-13-9-14(2)18(15(3)10-13)11-17(12-19)16-7-5-4-6-8-16/h4-10,17H,11-12H2,1-3H3. The van der Waals surface area contributed by atoms with Crippen molar-refractivity contribution in [1.82, 2.24) is 0 Å². The summed E-state index contributed by atoms with van der Waals surface area (Å²) in [7, 11) is 0. The quantitative estimate of drug-likeness (QED) is 0.673. The first-order chi connectivity index (χ1) is 9.11. The Morgan fingerprint density at radius 3 is 2.05 bits per heavy atom. The lowest BCUT2D eigenvalue weighted by Crippen LogP contribution is -2.07. The number of aryl methyl sites for hydroxylation is 3. The second kappa shape index (κ2) is 6.25. The van der Waals surface area contributed by atoms with Crippen LogP contribution in [0.2, 0.25) is 0 Å². The van der Waals surface area contributed by atoms with Crippen LogP contribution in [-0.2, 0) is 6.42 Å². The van der Waals surface area contributed by atoms with E-state index in [-0.39, 0.29) is 0 Å². The molecule has 0 saturated heterocycles. The molecule has 1 atom stereocenters. The van der Waals surface area contributed by atoms with E-state index in [1.807, 2.05) is 0 Å². The third-order valence-electron chi connectivity index (χ3n) is 3.75. The molecule has 2 aromatic carbocycles. The number of rotatable bonds is 4. The molecule has 0 aliphatic rings. The minimum atomic E-state index is 0.392. The van der Waals surface area contributed by atoms with Crippen LogP contribution in [0.5, 0.6) is 0 Å². The molecule has 0 amide bonds. The highest BCUT2D eigenvalue weighted by Gasteiger charge is 2.14. The molecule has 0 spiro atoms. The first-order valence-corrected chi connectivity index (χ1v) is 7.33. The van der Waals surface area contributed by atoms with E-state index in [0.29, 0.717) is 11.8 Å². The topological polar surface area (TPSA) is 0 Å². The predicted octanol–water partition coefficient (Wildman–Crippen LogP) is 5.18. The Bertz CT molecular complexity index is 520. The molecule has 19 heavy (non-hydrogen) atoms. The number of hydrogen-bond acceptors (Lipinski definition) is 0. The maximum absolute atomic E-state index is 6.19. The first-order valence-electron chi connectivity index (χ1n) is 6.79. The van der Waals surface area contributed by atoms with Crippen LogP contribution in [0.15, 0.2) is 42.5 Å². The van der Waals surface area contributed by atoms with Crippen LogP contribution >= 0.6 is 11.6 Å². The third-order valence-corrected chi connectivity index (χ3v) is 4.12. The normalized spacial score (nSPS) is 12.4. The molecule has 0 aromatic heterocycles. The summed E-state index contributed by atoms with van der Waals surface area (Å²) < 4.78 is 0. The maximum atomic E-state index is 6.19. The Kier molecular flexibility index (Phi) is 4.66. The molecule has 2 rings (SSSR count). The van der Waals surface area contributed by atoms with Crippen LogP contribution in [0.4, 0.5) is 0 Å². The third kappa shape index (κ3) is 3.39. The fraction of sp³-hybridized carbons (Fsp3) is 0.333. The number of halogens is 1. The minimum absolute atomic E-state index is 0.392. The van der Waals surface area contributed by atoms with Crippen molar-refractivity contribution >= 4 is 11.6 Å². The summed E-state index contributed by atoms with van der Waals surface area (Å²) in [6, 6.07) is 15.1. The molecule has 0 heterocycles. The Balaban J connectivity index is 2.29. The van der Waals surface area contributed by atoms with Crippen LogP contribution in [-0.4, -0.2) is 5.88 Å². The predicted molar refractivity (Wildman–Crippen MR) is 84.3 cm³/mol. The van der Waals surface area contributed by atoms with Crippen molar-refractivity contribution < 1.29 is 0 Å². The average Bonchev–Trinajstić information content (AvgIpc) is 2.39. The van der Waals surface area contributed by atoms with Gasteiger partial charge in [-0.15, -0.1) is 11.6 Å². The Labute approximate surface area is 121 Å². The Morgan fingerprint density at radius 2 is 1.53 bits per heavy atom. The lowest BCUT2D eigenvalue weighted by atomic mass is 9.88. The van der Waals surface area contributed by atoms with Crippen LogP contribution < -0.4 is 0 Å². The zero-order valence-electron chi connectivity index (χ0n) is 11.9. The monoisotopic (exact) mass is 272 g/mol. The van der Waals surface area contributed by atoms with Gasteiger partial charge in [-0.05, 0) is 49.4 Å². The van der Waals surface area contributed by atoms with Crippen LogP contribution in [0.3, 0.4) is 0 Å². The molecule has 0 bridgehead atoms. The molecule has 2 aromatic rings. The van der Waals surface area contributed by atoms with E-state index in [1.165, 1.54) is 27.8 Å². The van der Waals surface area contributed by atoms with Crippen molar-refractivity contribution in [2.75, 3.05) is 5.88 Å². The Hall–Kier alpha value is -1.27. The molecule has 0 nitrogen and oxygen atoms in total. The zero-order valence-corrected chi connectivity index (χ0v) is 12.7. The molecule has 0 aliphatic carbocycles. The van der Waals surface area contributed by atoms with Gasteiger partial charge in [-0.3, -0.25) is 0 Å². The van der Waals surface area contributed by atoms with Gasteiger partial charge in [-0.1, -0.05) is 48.0 Å². The van der Waals surface area contributed by atoms with Crippen LogP contribution in [0.25, 0.3) is 0 Å². The fourth-order valence-corrected chi connectivity index (χ4v) is 3.05. The van der Waals surface area contributed by atoms with E-state index in [2.05, 4.69) is 63.2 Å².